The van der Waals surface area contributed by atoms with Crippen LogP contribution in [0.25, 0.3) is 0 Å². The zero-order valence-corrected chi connectivity index (χ0v) is 16.9. The molecule has 1 aliphatic heterocycles. The standard InChI is InChI=1S/C22H27F2N3O/c1-14-9-18-19(27(12-14)13-15-5-7-16(23)8-6-15)10-17(24)21(25-18)26-20(28)11-22(2,3)4/h5-8,10,14H,9,11-13H2,1-4H3,(H,25,26,28). The van der Waals surface area contributed by atoms with Crippen LogP contribution >= 0.6 is 0 Å². The number of hydrogen-bond acceptors (Lipinski definition) is 3. The highest BCUT2D eigenvalue weighted by molar-refractivity contribution is 5.90. The molecular weight excluding hydrogens is 360 g/mol. The Bertz CT molecular complexity index is 859. The maximum Gasteiger partial charge on any atom is 0.226 e. The largest absolute Gasteiger partial charge is 0.365 e. The van der Waals surface area contributed by atoms with Crippen LogP contribution in [-0.4, -0.2) is 17.4 Å². The second-order valence-electron chi connectivity index (χ2n) is 8.89. The third-order valence-electron chi connectivity index (χ3n) is 4.68. The Morgan fingerprint density at radius 3 is 2.57 bits per heavy atom. The van der Waals surface area contributed by atoms with Crippen molar-refractivity contribution in [3.05, 3.63) is 53.2 Å². The van der Waals surface area contributed by atoms with Crippen molar-refractivity contribution in [1.29, 1.82) is 0 Å². The van der Waals surface area contributed by atoms with E-state index in [1.54, 1.807) is 12.1 Å². The zero-order valence-electron chi connectivity index (χ0n) is 16.9. The van der Waals surface area contributed by atoms with Crippen molar-refractivity contribution in [3.63, 3.8) is 0 Å². The first-order valence-electron chi connectivity index (χ1n) is 9.59. The zero-order chi connectivity index (χ0) is 20.5. The fraction of sp³-hybridized carbons (Fsp3) is 0.455. The Labute approximate surface area is 165 Å². The van der Waals surface area contributed by atoms with Gasteiger partial charge in [-0.2, -0.15) is 0 Å². The number of rotatable bonds is 4. The van der Waals surface area contributed by atoms with Gasteiger partial charge in [0.05, 0.1) is 11.4 Å². The predicted octanol–water partition coefficient (Wildman–Crippen LogP) is 4.93. The van der Waals surface area contributed by atoms with Crippen LogP contribution in [-0.2, 0) is 17.8 Å². The molecular formula is C22H27F2N3O. The number of carbonyl (C=O) groups excluding carboxylic acids is 1. The first-order chi connectivity index (χ1) is 13.1. The quantitative estimate of drug-likeness (QED) is 0.809. The van der Waals surface area contributed by atoms with Gasteiger partial charge in [0, 0.05) is 25.6 Å². The number of nitrogens with zero attached hydrogens (tertiary/aromatic N) is 2. The van der Waals surface area contributed by atoms with Gasteiger partial charge in [0.25, 0.3) is 0 Å². The van der Waals surface area contributed by atoms with Gasteiger partial charge in [-0.25, -0.2) is 13.8 Å². The van der Waals surface area contributed by atoms with E-state index < -0.39 is 5.82 Å². The summed E-state index contributed by atoms with van der Waals surface area (Å²) in [6, 6.07) is 7.77. The molecule has 0 saturated heterocycles. The van der Waals surface area contributed by atoms with E-state index in [4.69, 9.17) is 0 Å². The molecule has 1 amide bonds. The maximum atomic E-state index is 14.7. The molecule has 1 atom stereocenters. The lowest BCUT2D eigenvalue weighted by Crippen LogP contribution is -2.35. The number of pyridine rings is 1. The summed E-state index contributed by atoms with van der Waals surface area (Å²) in [5.41, 5.74) is 2.27. The topological polar surface area (TPSA) is 45.2 Å². The molecule has 1 aromatic carbocycles. The van der Waals surface area contributed by atoms with Crippen LogP contribution in [0.15, 0.2) is 30.3 Å². The van der Waals surface area contributed by atoms with Crippen LogP contribution in [0.4, 0.5) is 20.3 Å². The molecule has 0 fully saturated rings. The molecule has 2 heterocycles. The summed E-state index contributed by atoms with van der Waals surface area (Å²) in [4.78, 5) is 18.7. The molecule has 150 valence electrons. The maximum absolute atomic E-state index is 14.7. The molecule has 6 heteroatoms. The second-order valence-corrected chi connectivity index (χ2v) is 8.89. The van der Waals surface area contributed by atoms with E-state index in [-0.39, 0.29) is 29.4 Å². The van der Waals surface area contributed by atoms with Crippen LogP contribution in [0.2, 0.25) is 0 Å². The Balaban J connectivity index is 1.84. The van der Waals surface area contributed by atoms with E-state index in [0.717, 1.165) is 29.9 Å². The number of carbonyl (C=O) groups is 1. The summed E-state index contributed by atoms with van der Waals surface area (Å²) >= 11 is 0. The van der Waals surface area contributed by atoms with Gasteiger partial charge in [0.2, 0.25) is 5.91 Å². The molecule has 0 bridgehead atoms. The first kappa shape index (κ1) is 20.2. The van der Waals surface area contributed by atoms with Crippen molar-refractivity contribution in [2.24, 2.45) is 11.3 Å². The van der Waals surface area contributed by atoms with Crippen molar-refractivity contribution >= 4 is 17.4 Å². The highest BCUT2D eigenvalue weighted by Crippen LogP contribution is 2.32. The minimum Gasteiger partial charge on any atom is -0.365 e. The number of fused-ring (bicyclic) bond motifs is 1. The van der Waals surface area contributed by atoms with E-state index in [0.29, 0.717) is 12.5 Å². The number of anilines is 2. The first-order valence-corrected chi connectivity index (χ1v) is 9.59. The van der Waals surface area contributed by atoms with E-state index in [1.807, 2.05) is 20.8 Å². The molecule has 1 N–H and O–H groups in total. The van der Waals surface area contributed by atoms with E-state index in [9.17, 15) is 13.6 Å². The van der Waals surface area contributed by atoms with Gasteiger partial charge in [-0.3, -0.25) is 4.79 Å². The second kappa shape index (κ2) is 7.86. The van der Waals surface area contributed by atoms with E-state index in [1.165, 1.54) is 18.2 Å². The van der Waals surface area contributed by atoms with Gasteiger partial charge >= 0.3 is 0 Å². The van der Waals surface area contributed by atoms with Crippen molar-refractivity contribution in [2.45, 2.75) is 47.1 Å². The number of amides is 1. The average Bonchev–Trinajstić information content (AvgIpc) is 2.56. The van der Waals surface area contributed by atoms with Crippen molar-refractivity contribution in [3.8, 4) is 0 Å². The van der Waals surface area contributed by atoms with E-state index >= 15 is 0 Å². The molecule has 0 spiro atoms. The Kier molecular flexibility index (Phi) is 5.68. The summed E-state index contributed by atoms with van der Waals surface area (Å²) < 4.78 is 27.8. The lowest BCUT2D eigenvalue weighted by atomic mass is 9.92. The van der Waals surface area contributed by atoms with Crippen molar-refractivity contribution in [2.75, 3.05) is 16.8 Å². The fourth-order valence-corrected chi connectivity index (χ4v) is 3.52. The summed E-state index contributed by atoms with van der Waals surface area (Å²) in [5.74, 6) is -0.738. The molecule has 0 aliphatic carbocycles. The van der Waals surface area contributed by atoms with Gasteiger partial charge in [-0.15, -0.1) is 0 Å². The fourth-order valence-electron chi connectivity index (χ4n) is 3.52. The predicted molar refractivity (Wildman–Crippen MR) is 107 cm³/mol. The molecule has 28 heavy (non-hydrogen) atoms. The molecule has 1 aliphatic rings. The molecule has 4 nitrogen and oxygen atoms in total. The molecule has 0 saturated carbocycles. The van der Waals surface area contributed by atoms with Crippen LogP contribution in [0.5, 0.6) is 0 Å². The van der Waals surface area contributed by atoms with Gasteiger partial charge in [-0.05, 0) is 35.4 Å². The van der Waals surface area contributed by atoms with E-state index in [2.05, 4.69) is 22.1 Å². The SMILES string of the molecule is CC1Cc2nc(NC(=O)CC(C)(C)C)c(F)cc2N(Cc2ccc(F)cc2)C1. The number of nitrogens with one attached hydrogen (secondary N) is 1. The summed E-state index contributed by atoms with van der Waals surface area (Å²) in [6.45, 7) is 9.30. The van der Waals surface area contributed by atoms with Crippen LogP contribution < -0.4 is 10.2 Å². The average molecular weight is 387 g/mol. The highest BCUT2D eigenvalue weighted by atomic mass is 19.1. The summed E-state index contributed by atoms with van der Waals surface area (Å²) in [5, 5.41) is 2.62. The summed E-state index contributed by atoms with van der Waals surface area (Å²) in [7, 11) is 0. The van der Waals surface area contributed by atoms with Gasteiger partial charge < -0.3 is 10.2 Å². The van der Waals surface area contributed by atoms with Gasteiger partial charge in [0.1, 0.15) is 5.82 Å². The lowest BCUT2D eigenvalue weighted by Gasteiger charge is -2.34. The molecule has 2 aromatic rings. The van der Waals surface area contributed by atoms with Crippen molar-refractivity contribution < 1.29 is 13.6 Å². The molecule has 1 aromatic heterocycles. The minimum absolute atomic E-state index is 0.0103. The van der Waals surface area contributed by atoms with Crippen LogP contribution in [0, 0.1) is 23.0 Å². The Morgan fingerprint density at radius 2 is 1.93 bits per heavy atom. The third kappa shape index (κ3) is 5.06. The smallest absolute Gasteiger partial charge is 0.226 e. The molecule has 1 unspecified atom stereocenters. The summed E-state index contributed by atoms with van der Waals surface area (Å²) in [6.07, 6.45) is 1.01. The highest BCUT2D eigenvalue weighted by Gasteiger charge is 2.26. The monoisotopic (exact) mass is 387 g/mol. The van der Waals surface area contributed by atoms with Gasteiger partial charge in [0.15, 0.2) is 11.6 Å². The molecule has 0 radical (unpaired) electrons. The van der Waals surface area contributed by atoms with Gasteiger partial charge in [-0.1, -0.05) is 39.8 Å². The number of hydrogen-bond donors (Lipinski definition) is 1. The van der Waals surface area contributed by atoms with Crippen LogP contribution in [0.1, 0.15) is 45.4 Å². The normalized spacial score (nSPS) is 16.6. The number of benzene rings is 1. The third-order valence-corrected chi connectivity index (χ3v) is 4.68. The Morgan fingerprint density at radius 1 is 1.25 bits per heavy atom. The molecule has 3 rings (SSSR count). The number of halogens is 2. The Hall–Kier alpha value is -2.50. The van der Waals surface area contributed by atoms with Crippen molar-refractivity contribution in [1.82, 2.24) is 4.98 Å². The minimum atomic E-state index is -0.542. The van der Waals surface area contributed by atoms with Crippen LogP contribution in [0.3, 0.4) is 0 Å². The number of aromatic nitrogens is 1. The lowest BCUT2D eigenvalue weighted by molar-refractivity contribution is -0.117.